The third kappa shape index (κ3) is 11.7. The van der Waals surface area contributed by atoms with Crippen molar-refractivity contribution in [3.8, 4) is 0 Å². The fourth-order valence-corrected chi connectivity index (χ4v) is 5.33. The zero-order valence-corrected chi connectivity index (χ0v) is 19.2. The van der Waals surface area contributed by atoms with E-state index in [1.807, 2.05) is 0 Å². The van der Waals surface area contributed by atoms with Crippen molar-refractivity contribution in [3.05, 3.63) is 47.2 Å². The molecule has 1 heteroatoms. The fourth-order valence-electron chi connectivity index (χ4n) is 3.64. The molecule has 0 aromatic heterocycles. The Bertz CT molecular complexity index is 467. The van der Waals surface area contributed by atoms with Gasteiger partial charge in [-0.2, -0.15) is 0 Å². The van der Waals surface area contributed by atoms with Gasteiger partial charge >= 0.3 is 0 Å². The van der Waals surface area contributed by atoms with Gasteiger partial charge in [0.1, 0.15) is 0 Å². The summed E-state index contributed by atoms with van der Waals surface area (Å²) in [6.45, 7) is 9.83. The van der Waals surface area contributed by atoms with E-state index in [1.54, 1.807) is 5.20 Å². The van der Waals surface area contributed by atoms with Gasteiger partial charge in [-0.3, -0.25) is 0 Å². The Morgan fingerprint density at radius 2 is 1.35 bits per heavy atom. The van der Waals surface area contributed by atoms with Crippen LogP contribution in [-0.4, -0.2) is 8.07 Å². The molecule has 0 aliphatic rings. The van der Waals surface area contributed by atoms with Crippen molar-refractivity contribution in [3.63, 3.8) is 0 Å². The lowest BCUT2D eigenvalue weighted by molar-refractivity contribution is 0.566. The second-order valence-corrected chi connectivity index (χ2v) is 14.1. The van der Waals surface area contributed by atoms with Crippen molar-refractivity contribution in [2.75, 3.05) is 0 Å². The summed E-state index contributed by atoms with van der Waals surface area (Å²) in [6.07, 6.45) is 20.6. The van der Waals surface area contributed by atoms with Crippen molar-refractivity contribution < 1.29 is 0 Å². The number of hydrogen-bond acceptors (Lipinski definition) is 0. The van der Waals surface area contributed by atoms with E-state index in [2.05, 4.69) is 63.0 Å². The molecule has 0 amide bonds. The zero-order chi connectivity index (χ0) is 19.1. The van der Waals surface area contributed by atoms with Gasteiger partial charge in [-0.1, -0.05) is 120 Å². The molecule has 1 aromatic carbocycles. The minimum atomic E-state index is -1.16. The van der Waals surface area contributed by atoms with Crippen molar-refractivity contribution >= 4 is 8.07 Å². The number of allylic oxidation sites excluding steroid dienone is 2. The summed E-state index contributed by atoms with van der Waals surface area (Å²) < 4.78 is 0. The molecule has 0 fully saturated rings. The van der Waals surface area contributed by atoms with E-state index >= 15 is 0 Å². The summed E-state index contributed by atoms with van der Waals surface area (Å²) in [4.78, 5) is 0. The van der Waals surface area contributed by atoms with Crippen LogP contribution in [0.1, 0.15) is 89.5 Å². The summed E-state index contributed by atoms with van der Waals surface area (Å²) in [5.41, 5.74) is 1.49. The SMILES string of the molecule is CCCCCCCCCCC/C=C(\CCCc1ccccc1)[Si](C)(C)C. The summed E-state index contributed by atoms with van der Waals surface area (Å²) >= 11 is 0. The van der Waals surface area contributed by atoms with Crippen LogP contribution in [0.2, 0.25) is 19.6 Å². The smallest absolute Gasteiger partial charge is 0.0720 e. The lowest BCUT2D eigenvalue weighted by Crippen LogP contribution is -2.24. The van der Waals surface area contributed by atoms with Gasteiger partial charge in [-0.15, -0.1) is 0 Å². The first-order valence-corrected chi connectivity index (χ1v) is 14.8. The van der Waals surface area contributed by atoms with Gasteiger partial charge in [-0.25, -0.2) is 0 Å². The Balaban J connectivity index is 2.20. The van der Waals surface area contributed by atoms with Crippen LogP contribution in [0.5, 0.6) is 0 Å². The average Bonchev–Trinajstić information content (AvgIpc) is 2.61. The van der Waals surface area contributed by atoms with Gasteiger partial charge in [0.25, 0.3) is 0 Å². The highest BCUT2D eigenvalue weighted by Crippen LogP contribution is 2.22. The number of aryl methyl sites for hydroxylation is 1. The van der Waals surface area contributed by atoms with Gasteiger partial charge in [0.15, 0.2) is 0 Å². The quantitative estimate of drug-likeness (QED) is 0.213. The molecule has 0 atom stereocenters. The standard InChI is InChI=1S/C25H44Si/c1-5-6-7-8-9-10-11-12-13-17-22-25(26(2,3)4)23-18-21-24-19-15-14-16-20-24/h14-16,19-20,22H,5-13,17-18,21,23H2,1-4H3/b25-22+. The van der Waals surface area contributed by atoms with Crippen LogP contribution in [0.3, 0.4) is 0 Å². The molecule has 0 N–H and O–H groups in total. The Morgan fingerprint density at radius 1 is 0.769 bits per heavy atom. The van der Waals surface area contributed by atoms with Gasteiger partial charge in [0.05, 0.1) is 8.07 Å². The molecule has 0 aliphatic heterocycles. The molecule has 0 saturated carbocycles. The molecule has 1 aromatic rings. The number of hydrogen-bond donors (Lipinski definition) is 0. The monoisotopic (exact) mass is 372 g/mol. The van der Waals surface area contributed by atoms with E-state index < -0.39 is 8.07 Å². The molecule has 0 bridgehead atoms. The molecule has 148 valence electrons. The molecular formula is C25H44Si. The largest absolute Gasteiger partial charge is 0.0892 e. The first-order chi connectivity index (χ1) is 12.5. The average molecular weight is 373 g/mol. The van der Waals surface area contributed by atoms with Gasteiger partial charge in [-0.05, 0) is 37.7 Å². The number of benzene rings is 1. The first-order valence-electron chi connectivity index (χ1n) is 11.3. The maximum absolute atomic E-state index is 2.62. The minimum Gasteiger partial charge on any atom is -0.0892 e. The van der Waals surface area contributed by atoms with E-state index in [1.165, 1.54) is 89.0 Å². The summed E-state index contributed by atoms with van der Waals surface area (Å²) in [5, 5.41) is 1.80. The van der Waals surface area contributed by atoms with E-state index in [-0.39, 0.29) is 0 Å². The molecule has 0 nitrogen and oxygen atoms in total. The lowest BCUT2D eigenvalue weighted by atomic mass is 10.1. The van der Waals surface area contributed by atoms with Crippen LogP contribution in [0.4, 0.5) is 0 Å². The van der Waals surface area contributed by atoms with Crippen LogP contribution in [0.15, 0.2) is 41.6 Å². The molecule has 0 radical (unpaired) electrons. The Labute approximate surface area is 165 Å². The molecule has 0 aliphatic carbocycles. The van der Waals surface area contributed by atoms with Crippen molar-refractivity contribution in [2.24, 2.45) is 0 Å². The van der Waals surface area contributed by atoms with E-state index in [4.69, 9.17) is 0 Å². The van der Waals surface area contributed by atoms with Crippen molar-refractivity contribution in [1.29, 1.82) is 0 Å². The van der Waals surface area contributed by atoms with Crippen LogP contribution in [-0.2, 0) is 6.42 Å². The van der Waals surface area contributed by atoms with Crippen LogP contribution in [0.25, 0.3) is 0 Å². The number of rotatable bonds is 15. The first kappa shape index (κ1) is 23.2. The fraction of sp³-hybridized carbons (Fsp3) is 0.680. The summed E-state index contributed by atoms with van der Waals surface area (Å²) in [7, 11) is -1.16. The summed E-state index contributed by atoms with van der Waals surface area (Å²) in [5.74, 6) is 0. The summed E-state index contributed by atoms with van der Waals surface area (Å²) in [6, 6.07) is 11.0. The zero-order valence-electron chi connectivity index (χ0n) is 18.2. The van der Waals surface area contributed by atoms with Crippen LogP contribution < -0.4 is 0 Å². The van der Waals surface area contributed by atoms with Gasteiger partial charge in [0, 0.05) is 0 Å². The molecule has 0 heterocycles. The Morgan fingerprint density at radius 3 is 1.92 bits per heavy atom. The molecule has 0 saturated heterocycles. The number of unbranched alkanes of at least 4 members (excludes halogenated alkanes) is 9. The van der Waals surface area contributed by atoms with Crippen molar-refractivity contribution in [1.82, 2.24) is 0 Å². The Hall–Kier alpha value is -0.823. The molecular weight excluding hydrogens is 328 g/mol. The molecule has 0 unspecified atom stereocenters. The normalized spacial score (nSPS) is 12.5. The molecule has 26 heavy (non-hydrogen) atoms. The predicted octanol–water partition coefficient (Wildman–Crippen LogP) is 8.73. The minimum absolute atomic E-state index is 1.16. The third-order valence-electron chi connectivity index (χ3n) is 5.42. The lowest BCUT2D eigenvalue weighted by Gasteiger charge is -2.21. The second kappa shape index (κ2) is 14.3. The van der Waals surface area contributed by atoms with Gasteiger partial charge < -0.3 is 0 Å². The highest BCUT2D eigenvalue weighted by atomic mass is 28.3. The van der Waals surface area contributed by atoms with Gasteiger partial charge in [0.2, 0.25) is 0 Å². The maximum Gasteiger partial charge on any atom is 0.0720 e. The van der Waals surface area contributed by atoms with E-state index in [9.17, 15) is 0 Å². The maximum atomic E-state index is 2.62. The second-order valence-electron chi connectivity index (χ2n) is 8.94. The highest BCUT2D eigenvalue weighted by Gasteiger charge is 2.18. The van der Waals surface area contributed by atoms with Crippen LogP contribution in [0, 0.1) is 0 Å². The topological polar surface area (TPSA) is 0 Å². The van der Waals surface area contributed by atoms with E-state index in [0.717, 1.165) is 0 Å². The van der Waals surface area contributed by atoms with Crippen LogP contribution >= 0.6 is 0 Å². The van der Waals surface area contributed by atoms with E-state index in [0.29, 0.717) is 0 Å². The predicted molar refractivity (Wildman–Crippen MR) is 123 cm³/mol. The molecule has 0 spiro atoms. The van der Waals surface area contributed by atoms with Crippen molar-refractivity contribution in [2.45, 2.75) is 110 Å². The third-order valence-corrected chi connectivity index (χ3v) is 7.80. The highest BCUT2D eigenvalue weighted by molar-refractivity contribution is 6.83. The molecule has 1 rings (SSSR count). The Kier molecular flexibility index (Phi) is 12.7.